The average molecular weight is 436 g/mol. The molecule has 0 aliphatic heterocycles. The Bertz CT molecular complexity index is 1170. The molecule has 3 aromatic rings. The minimum absolute atomic E-state index is 0.0602. The second-order valence-corrected chi connectivity index (χ2v) is 6.98. The highest BCUT2D eigenvalue weighted by Gasteiger charge is 2.12. The predicted octanol–water partition coefficient (Wildman–Crippen LogP) is 5.69. The molecule has 1 aromatic heterocycles. The topological polar surface area (TPSA) is 75.0 Å². The standard InChI is InChI=1S/C25H21FO6/c1-15(2)24(27)30-14-29-23-10-7-18(13-20(23)26)22-12-11-21(32-22)17-5-8-19(9-6-17)31-25(28)16(3)4/h5-13H,1,3,14H2,2,4H3. The molecule has 0 atom stereocenters. The maximum Gasteiger partial charge on any atom is 0.338 e. The summed E-state index contributed by atoms with van der Waals surface area (Å²) >= 11 is 0. The van der Waals surface area contributed by atoms with Gasteiger partial charge in [0.1, 0.15) is 17.3 Å². The molecule has 0 aliphatic rings. The Morgan fingerprint density at radius 3 is 2.06 bits per heavy atom. The number of carbonyl (C=O) groups excluding carboxylic acids is 2. The van der Waals surface area contributed by atoms with Crippen LogP contribution in [-0.4, -0.2) is 18.7 Å². The quantitative estimate of drug-likeness (QED) is 0.195. The van der Waals surface area contributed by atoms with Gasteiger partial charge in [-0.2, -0.15) is 0 Å². The molecule has 0 amide bonds. The maximum atomic E-state index is 14.4. The minimum atomic E-state index is -0.629. The first kappa shape index (κ1) is 22.6. The first-order chi connectivity index (χ1) is 15.2. The first-order valence-corrected chi connectivity index (χ1v) is 9.58. The fourth-order valence-corrected chi connectivity index (χ4v) is 2.57. The maximum absolute atomic E-state index is 14.4. The van der Waals surface area contributed by atoms with Crippen molar-refractivity contribution in [1.29, 1.82) is 0 Å². The Morgan fingerprint density at radius 2 is 1.47 bits per heavy atom. The molecule has 6 nitrogen and oxygen atoms in total. The highest BCUT2D eigenvalue weighted by molar-refractivity contribution is 5.88. The summed E-state index contributed by atoms with van der Waals surface area (Å²) in [6.45, 7) is 9.64. The summed E-state index contributed by atoms with van der Waals surface area (Å²) in [7, 11) is 0. The zero-order chi connectivity index (χ0) is 23.3. The van der Waals surface area contributed by atoms with Crippen molar-refractivity contribution in [3.05, 3.63) is 84.7 Å². The number of furan rings is 1. The number of benzene rings is 2. The van der Waals surface area contributed by atoms with Crippen LogP contribution in [0.3, 0.4) is 0 Å². The van der Waals surface area contributed by atoms with Gasteiger partial charge in [0, 0.05) is 22.3 Å². The van der Waals surface area contributed by atoms with Gasteiger partial charge in [-0.15, -0.1) is 0 Å². The first-order valence-electron chi connectivity index (χ1n) is 9.58. The summed E-state index contributed by atoms with van der Waals surface area (Å²) < 4.78 is 35.3. The molecule has 3 rings (SSSR count). The number of hydrogen-bond acceptors (Lipinski definition) is 6. The van der Waals surface area contributed by atoms with Gasteiger partial charge in [-0.3, -0.25) is 0 Å². The van der Waals surface area contributed by atoms with Crippen molar-refractivity contribution in [3.63, 3.8) is 0 Å². The van der Waals surface area contributed by atoms with Crippen LogP contribution in [0.25, 0.3) is 22.6 Å². The van der Waals surface area contributed by atoms with Crippen molar-refractivity contribution in [1.82, 2.24) is 0 Å². The van der Waals surface area contributed by atoms with Crippen LogP contribution in [0.15, 0.2) is 83.3 Å². The van der Waals surface area contributed by atoms with Crippen molar-refractivity contribution in [3.8, 4) is 34.1 Å². The van der Waals surface area contributed by atoms with Gasteiger partial charge >= 0.3 is 11.9 Å². The number of ether oxygens (including phenoxy) is 3. The molecular formula is C25H21FO6. The molecule has 164 valence electrons. The molecular weight excluding hydrogens is 415 g/mol. The summed E-state index contributed by atoms with van der Waals surface area (Å²) in [5.74, 6) is -0.402. The van der Waals surface area contributed by atoms with Crippen LogP contribution in [0.4, 0.5) is 4.39 Å². The smallest absolute Gasteiger partial charge is 0.338 e. The van der Waals surface area contributed by atoms with E-state index >= 15 is 0 Å². The van der Waals surface area contributed by atoms with Crippen molar-refractivity contribution in [2.24, 2.45) is 0 Å². The van der Waals surface area contributed by atoms with Gasteiger partial charge in [-0.25, -0.2) is 14.0 Å². The third-order valence-electron chi connectivity index (χ3n) is 4.27. The zero-order valence-electron chi connectivity index (χ0n) is 17.6. The van der Waals surface area contributed by atoms with E-state index in [-0.39, 0.29) is 11.3 Å². The number of hydrogen-bond donors (Lipinski definition) is 0. The highest BCUT2D eigenvalue weighted by Crippen LogP contribution is 2.31. The Balaban J connectivity index is 1.68. The lowest BCUT2D eigenvalue weighted by atomic mass is 10.1. The summed E-state index contributed by atoms with van der Waals surface area (Å²) in [5.41, 5.74) is 1.79. The van der Waals surface area contributed by atoms with E-state index in [1.54, 1.807) is 49.4 Å². The van der Waals surface area contributed by atoms with E-state index < -0.39 is 24.5 Å². The number of rotatable bonds is 8. The van der Waals surface area contributed by atoms with Crippen molar-refractivity contribution >= 4 is 11.9 Å². The third-order valence-corrected chi connectivity index (χ3v) is 4.27. The molecule has 0 fully saturated rings. The molecule has 0 saturated heterocycles. The van der Waals surface area contributed by atoms with E-state index in [0.717, 1.165) is 5.56 Å². The number of halogens is 1. The fourth-order valence-electron chi connectivity index (χ4n) is 2.57. The molecule has 0 spiro atoms. The van der Waals surface area contributed by atoms with Gasteiger partial charge in [0.15, 0.2) is 11.6 Å². The summed E-state index contributed by atoms with van der Waals surface area (Å²) in [6.07, 6.45) is 0. The molecule has 32 heavy (non-hydrogen) atoms. The summed E-state index contributed by atoms with van der Waals surface area (Å²) in [5, 5.41) is 0. The number of esters is 2. The van der Waals surface area contributed by atoms with Crippen LogP contribution in [0.1, 0.15) is 13.8 Å². The van der Waals surface area contributed by atoms with Crippen LogP contribution in [-0.2, 0) is 14.3 Å². The molecule has 0 N–H and O–H groups in total. The lowest BCUT2D eigenvalue weighted by molar-refractivity contribution is -0.145. The van der Waals surface area contributed by atoms with Crippen LogP contribution in [0.2, 0.25) is 0 Å². The Kier molecular flexibility index (Phi) is 6.90. The molecule has 0 aliphatic carbocycles. The second-order valence-electron chi connectivity index (χ2n) is 6.98. The van der Waals surface area contributed by atoms with Gasteiger partial charge in [0.05, 0.1) is 0 Å². The third kappa shape index (κ3) is 5.51. The van der Waals surface area contributed by atoms with E-state index in [1.165, 1.54) is 19.1 Å². The van der Waals surface area contributed by atoms with Gasteiger partial charge in [0.2, 0.25) is 6.79 Å². The van der Waals surface area contributed by atoms with Crippen molar-refractivity contribution < 1.29 is 32.6 Å². The molecule has 0 radical (unpaired) electrons. The Morgan fingerprint density at radius 1 is 0.875 bits per heavy atom. The molecule has 0 bridgehead atoms. The van der Waals surface area contributed by atoms with E-state index in [4.69, 9.17) is 18.6 Å². The Labute approximate surface area is 184 Å². The normalized spacial score (nSPS) is 10.3. The Hall–Kier alpha value is -4.13. The summed E-state index contributed by atoms with van der Waals surface area (Å²) in [6, 6.07) is 14.6. The molecule has 0 unspecified atom stereocenters. The molecule has 0 saturated carbocycles. The van der Waals surface area contributed by atoms with Gasteiger partial charge in [-0.05, 0) is 68.4 Å². The van der Waals surface area contributed by atoms with Gasteiger partial charge in [0.25, 0.3) is 0 Å². The van der Waals surface area contributed by atoms with Crippen LogP contribution >= 0.6 is 0 Å². The predicted molar refractivity (Wildman–Crippen MR) is 116 cm³/mol. The molecule has 7 heteroatoms. The fraction of sp³-hybridized carbons (Fsp3) is 0.120. The van der Waals surface area contributed by atoms with Gasteiger partial charge in [-0.1, -0.05) is 13.2 Å². The van der Waals surface area contributed by atoms with E-state index in [2.05, 4.69) is 13.2 Å². The minimum Gasteiger partial charge on any atom is -0.456 e. The van der Waals surface area contributed by atoms with E-state index in [0.29, 0.717) is 28.4 Å². The van der Waals surface area contributed by atoms with E-state index in [9.17, 15) is 14.0 Å². The average Bonchev–Trinajstić information content (AvgIpc) is 3.25. The van der Waals surface area contributed by atoms with Crippen LogP contribution < -0.4 is 9.47 Å². The summed E-state index contributed by atoms with van der Waals surface area (Å²) in [4.78, 5) is 22.9. The zero-order valence-corrected chi connectivity index (χ0v) is 17.6. The molecule has 1 heterocycles. The molecule has 2 aromatic carbocycles. The van der Waals surface area contributed by atoms with Crippen LogP contribution in [0.5, 0.6) is 11.5 Å². The van der Waals surface area contributed by atoms with Crippen molar-refractivity contribution in [2.75, 3.05) is 6.79 Å². The highest BCUT2D eigenvalue weighted by atomic mass is 19.1. The number of carbonyl (C=O) groups is 2. The largest absolute Gasteiger partial charge is 0.456 e. The van der Waals surface area contributed by atoms with Gasteiger partial charge < -0.3 is 18.6 Å². The lowest BCUT2D eigenvalue weighted by Gasteiger charge is -2.09. The second kappa shape index (κ2) is 9.78. The van der Waals surface area contributed by atoms with Crippen LogP contribution in [0, 0.1) is 5.82 Å². The monoisotopic (exact) mass is 436 g/mol. The lowest BCUT2D eigenvalue weighted by Crippen LogP contribution is -2.11. The van der Waals surface area contributed by atoms with E-state index in [1.807, 2.05) is 0 Å². The van der Waals surface area contributed by atoms with Crippen molar-refractivity contribution in [2.45, 2.75) is 13.8 Å². The SMILES string of the molecule is C=C(C)C(=O)OCOc1ccc(-c2ccc(-c3ccc(OC(=O)C(=C)C)cc3)o2)cc1F.